The Morgan fingerprint density at radius 1 is 1.29 bits per heavy atom. The molecule has 7 nitrogen and oxygen atoms in total. The molecule has 2 aromatic rings. The maximum atomic E-state index is 13.5. The summed E-state index contributed by atoms with van der Waals surface area (Å²) in [6.07, 6.45) is -1.30. The van der Waals surface area contributed by atoms with Crippen LogP contribution in [-0.4, -0.2) is 45.6 Å². The number of aryl methyl sites for hydroxylation is 1. The molecule has 1 spiro atoms. The van der Waals surface area contributed by atoms with E-state index in [1.165, 1.54) is 0 Å². The minimum Gasteiger partial charge on any atom is -0.323 e. The van der Waals surface area contributed by atoms with Gasteiger partial charge in [0.2, 0.25) is 11.7 Å². The third-order valence-corrected chi connectivity index (χ3v) is 6.92. The highest BCUT2D eigenvalue weighted by Crippen LogP contribution is 2.41. The van der Waals surface area contributed by atoms with Crippen molar-refractivity contribution in [3.05, 3.63) is 40.5 Å². The molecule has 1 aliphatic heterocycles. The SMILES string of the molecule is Cc1nc(C(=O)CN2C(=O)NC3(CCC(F)(F)CC3)C2=O)sc1-c1cccc(C#N)c1. The molecule has 0 bridgehead atoms. The minimum absolute atomic E-state index is 0.131. The Morgan fingerprint density at radius 2 is 2.00 bits per heavy atom. The zero-order chi connectivity index (χ0) is 22.4. The van der Waals surface area contributed by atoms with Crippen LogP contribution < -0.4 is 5.32 Å². The Hall–Kier alpha value is -3.19. The van der Waals surface area contributed by atoms with Crippen LogP contribution in [0.25, 0.3) is 10.4 Å². The van der Waals surface area contributed by atoms with E-state index in [0.717, 1.165) is 21.8 Å². The molecule has 3 amide bonds. The summed E-state index contributed by atoms with van der Waals surface area (Å²) in [7, 11) is 0. The number of rotatable bonds is 4. The third-order valence-electron chi connectivity index (χ3n) is 5.67. The number of halogens is 2. The Bertz CT molecular complexity index is 1130. The summed E-state index contributed by atoms with van der Waals surface area (Å²) in [5.41, 5.74) is 0.443. The molecule has 1 aliphatic carbocycles. The molecule has 0 radical (unpaired) electrons. The topological polar surface area (TPSA) is 103 Å². The molecular weight excluding hydrogens is 426 g/mol. The number of nitrogens with zero attached hydrogens (tertiary/aromatic N) is 3. The van der Waals surface area contributed by atoms with Crippen molar-refractivity contribution in [2.75, 3.05) is 6.54 Å². The van der Waals surface area contributed by atoms with Crippen molar-refractivity contribution in [3.63, 3.8) is 0 Å². The average Bonchev–Trinajstić information content (AvgIpc) is 3.24. The number of hydrogen-bond donors (Lipinski definition) is 1. The number of Topliss-reactive ketones (excluding diaryl/α,β-unsaturated/α-hetero) is 1. The van der Waals surface area contributed by atoms with Crippen molar-refractivity contribution in [2.45, 2.75) is 44.1 Å². The Balaban J connectivity index is 1.52. The molecule has 10 heteroatoms. The fraction of sp³-hybridized carbons (Fsp3) is 0.381. The summed E-state index contributed by atoms with van der Waals surface area (Å²) < 4.78 is 27.0. The largest absolute Gasteiger partial charge is 0.325 e. The molecule has 2 heterocycles. The Kier molecular flexibility index (Phi) is 5.09. The van der Waals surface area contributed by atoms with Crippen LogP contribution in [-0.2, 0) is 4.79 Å². The van der Waals surface area contributed by atoms with Gasteiger partial charge in [0.05, 0.1) is 28.7 Å². The van der Waals surface area contributed by atoms with Gasteiger partial charge in [0, 0.05) is 12.8 Å². The first-order valence-electron chi connectivity index (χ1n) is 9.67. The van der Waals surface area contributed by atoms with E-state index in [1.807, 2.05) is 0 Å². The number of carbonyl (C=O) groups excluding carboxylic acids is 3. The molecular formula is C21H18F2N4O3S. The van der Waals surface area contributed by atoms with Gasteiger partial charge in [-0.25, -0.2) is 18.6 Å². The number of alkyl halides is 2. The predicted octanol–water partition coefficient (Wildman–Crippen LogP) is 3.67. The molecule has 160 valence electrons. The van der Waals surface area contributed by atoms with Gasteiger partial charge in [-0.1, -0.05) is 12.1 Å². The zero-order valence-electron chi connectivity index (χ0n) is 16.6. The van der Waals surface area contributed by atoms with Crippen LogP contribution in [0.1, 0.15) is 46.7 Å². The van der Waals surface area contributed by atoms with E-state index in [9.17, 15) is 23.2 Å². The lowest BCUT2D eigenvalue weighted by molar-refractivity contribution is -0.135. The van der Waals surface area contributed by atoms with E-state index in [4.69, 9.17) is 5.26 Å². The molecule has 2 aliphatic rings. The van der Waals surface area contributed by atoms with Crippen LogP contribution >= 0.6 is 11.3 Å². The van der Waals surface area contributed by atoms with Gasteiger partial charge in [0.25, 0.3) is 5.91 Å². The lowest BCUT2D eigenvalue weighted by atomic mass is 9.80. The fourth-order valence-corrected chi connectivity index (χ4v) is 4.92. The number of nitrogens with one attached hydrogen (secondary N) is 1. The molecule has 31 heavy (non-hydrogen) atoms. The van der Waals surface area contributed by atoms with E-state index >= 15 is 0 Å². The van der Waals surface area contributed by atoms with Crippen molar-refractivity contribution in [1.82, 2.24) is 15.2 Å². The number of ketones is 1. The van der Waals surface area contributed by atoms with Crippen molar-refractivity contribution >= 4 is 29.1 Å². The molecule has 0 atom stereocenters. The number of carbonyl (C=O) groups is 3. The summed E-state index contributed by atoms with van der Waals surface area (Å²) in [6.45, 7) is 1.22. The quantitative estimate of drug-likeness (QED) is 0.573. The van der Waals surface area contributed by atoms with Crippen molar-refractivity contribution in [3.8, 4) is 16.5 Å². The smallest absolute Gasteiger partial charge is 0.323 e. The Morgan fingerprint density at radius 3 is 2.68 bits per heavy atom. The van der Waals surface area contributed by atoms with Crippen LogP contribution in [0.4, 0.5) is 13.6 Å². The Labute approximate surface area is 180 Å². The second kappa shape index (κ2) is 7.50. The second-order valence-corrected chi connectivity index (χ2v) is 8.81. The first kappa shape index (κ1) is 21.1. The van der Waals surface area contributed by atoms with Gasteiger partial charge in [0.1, 0.15) is 5.54 Å². The molecule has 1 N–H and O–H groups in total. The maximum absolute atomic E-state index is 13.5. The van der Waals surface area contributed by atoms with Crippen LogP contribution in [0.3, 0.4) is 0 Å². The molecule has 0 unspecified atom stereocenters. The minimum atomic E-state index is -2.85. The summed E-state index contributed by atoms with van der Waals surface area (Å²) in [5.74, 6) is -4.01. The van der Waals surface area contributed by atoms with Gasteiger partial charge in [0.15, 0.2) is 5.01 Å². The van der Waals surface area contributed by atoms with Gasteiger partial charge < -0.3 is 5.32 Å². The first-order chi connectivity index (χ1) is 14.6. The highest BCUT2D eigenvalue weighted by Gasteiger charge is 2.55. The van der Waals surface area contributed by atoms with Crippen LogP contribution in [0.2, 0.25) is 0 Å². The lowest BCUT2D eigenvalue weighted by Gasteiger charge is -2.34. The number of hydrogen-bond acceptors (Lipinski definition) is 6. The number of urea groups is 1. The number of amides is 3. The summed E-state index contributed by atoms with van der Waals surface area (Å²) in [5, 5.41) is 11.7. The monoisotopic (exact) mass is 444 g/mol. The molecule has 1 saturated heterocycles. The number of imide groups is 1. The summed E-state index contributed by atoms with van der Waals surface area (Å²) in [4.78, 5) is 43.8. The molecule has 2 fully saturated rings. The highest BCUT2D eigenvalue weighted by atomic mass is 32.1. The third kappa shape index (κ3) is 3.81. The lowest BCUT2D eigenvalue weighted by Crippen LogP contribution is -2.51. The number of nitriles is 1. The summed E-state index contributed by atoms with van der Waals surface area (Å²) >= 11 is 1.11. The van der Waals surface area contributed by atoms with Crippen LogP contribution in [0, 0.1) is 18.3 Å². The number of benzene rings is 1. The second-order valence-electron chi connectivity index (χ2n) is 7.81. The van der Waals surface area contributed by atoms with E-state index in [0.29, 0.717) is 16.1 Å². The molecule has 1 aromatic carbocycles. The van der Waals surface area contributed by atoms with E-state index in [1.54, 1.807) is 31.2 Å². The van der Waals surface area contributed by atoms with E-state index in [-0.39, 0.29) is 17.8 Å². The molecule has 1 aromatic heterocycles. The van der Waals surface area contributed by atoms with Crippen molar-refractivity contribution < 1.29 is 23.2 Å². The van der Waals surface area contributed by atoms with Gasteiger partial charge in [-0.15, -0.1) is 11.3 Å². The van der Waals surface area contributed by atoms with Crippen molar-refractivity contribution in [2.24, 2.45) is 0 Å². The fourth-order valence-electron chi connectivity index (χ4n) is 3.93. The van der Waals surface area contributed by atoms with Crippen molar-refractivity contribution in [1.29, 1.82) is 5.26 Å². The van der Waals surface area contributed by atoms with E-state index < -0.39 is 48.6 Å². The van der Waals surface area contributed by atoms with Gasteiger partial charge in [-0.05, 0) is 37.5 Å². The van der Waals surface area contributed by atoms with Gasteiger partial charge in [-0.2, -0.15) is 5.26 Å². The summed E-state index contributed by atoms with van der Waals surface area (Å²) in [6, 6.07) is 8.20. The zero-order valence-corrected chi connectivity index (χ0v) is 17.4. The van der Waals surface area contributed by atoms with Gasteiger partial charge in [-0.3, -0.25) is 14.5 Å². The number of aromatic nitrogens is 1. The highest BCUT2D eigenvalue weighted by molar-refractivity contribution is 7.17. The number of thiazole rings is 1. The predicted molar refractivity (Wildman–Crippen MR) is 108 cm³/mol. The van der Waals surface area contributed by atoms with Crippen LogP contribution in [0.5, 0.6) is 0 Å². The molecule has 1 saturated carbocycles. The van der Waals surface area contributed by atoms with Gasteiger partial charge >= 0.3 is 6.03 Å². The van der Waals surface area contributed by atoms with E-state index in [2.05, 4.69) is 16.4 Å². The average molecular weight is 444 g/mol. The van der Waals surface area contributed by atoms with Crippen LogP contribution in [0.15, 0.2) is 24.3 Å². The first-order valence-corrected chi connectivity index (χ1v) is 10.5. The standard InChI is InChI=1S/C21H18F2N4O3S/c1-12-16(14-4-2-3-13(9-14)10-24)31-17(25-12)15(28)11-27-18(29)20(26-19(27)30)5-7-21(22,23)8-6-20/h2-4,9H,5-8,11H2,1H3,(H,26,30). The maximum Gasteiger partial charge on any atom is 0.325 e. The normalized spacial score (nSPS) is 19.4. The molecule has 4 rings (SSSR count).